The maximum absolute atomic E-state index is 11.2. The second-order valence-electron chi connectivity index (χ2n) is 3.72. The van der Waals surface area contributed by atoms with Gasteiger partial charge < -0.3 is 0 Å². The van der Waals surface area contributed by atoms with Gasteiger partial charge in [0.25, 0.3) is 5.69 Å². The first kappa shape index (κ1) is 15.9. The fraction of sp³-hybridized carbons (Fsp3) is 0. The number of rotatable bonds is 4. The van der Waals surface area contributed by atoms with Crippen LogP contribution in [0.1, 0.15) is 5.56 Å². The lowest BCUT2D eigenvalue weighted by Gasteiger charge is -2.01. The molecule has 2 rings (SSSR count). The van der Waals surface area contributed by atoms with Crippen LogP contribution in [0.4, 0.5) is 5.69 Å². The number of nitrogens with one attached hydrogen (secondary N) is 1. The molecule has 22 heavy (non-hydrogen) atoms. The summed E-state index contributed by atoms with van der Waals surface area (Å²) < 4.78 is 0.552. The van der Waals surface area contributed by atoms with Crippen molar-refractivity contribution in [1.29, 1.82) is 15.9 Å². The molecule has 0 saturated heterocycles. The van der Waals surface area contributed by atoms with Crippen molar-refractivity contribution in [2.75, 3.05) is 0 Å². The second-order valence-corrected chi connectivity index (χ2v) is 7.11. The molecule has 0 unspecified atom stereocenters. The maximum Gasteiger partial charge on any atom is 0.283 e. The summed E-state index contributed by atoms with van der Waals surface area (Å²) in [6.45, 7) is 0. The number of hydrogen-bond acceptors (Lipinski definition) is 9. The number of nitro groups is 1. The van der Waals surface area contributed by atoms with Gasteiger partial charge in [-0.25, -0.2) is 4.98 Å². The van der Waals surface area contributed by atoms with Gasteiger partial charge in [-0.1, -0.05) is 17.8 Å². The van der Waals surface area contributed by atoms with Crippen LogP contribution in [0.25, 0.3) is 6.08 Å². The van der Waals surface area contributed by atoms with Gasteiger partial charge >= 0.3 is 0 Å². The molecule has 1 aromatic carbocycles. The van der Waals surface area contributed by atoms with Crippen molar-refractivity contribution in [1.82, 2.24) is 4.98 Å². The van der Waals surface area contributed by atoms with E-state index < -0.39 is 4.92 Å². The van der Waals surface area contributed by atoms with Crippen LogP contribution < -0.4 is 4.80 Å². The molecular formula is C12H5N5O2S3. The highest BCUT2D eigenvalue weighted by atomic mass is 32.9. The first-order valence-corrected chi connectivity index (χ1v) is 8.50. The smallest absolute Gasteiger partial charge is 0.273 e. The number of allylic oxidation sites excluding steroid dienone is 1. The summed E-state index contributed by atoms with van der Waals surface area (Å²) >= 11 is 1.11. The standard InChI is InChI=1S/C12H5N5O2S3/c13-5-8(6-14)3-7-1-2-10(9(4-7)17(18)19)20-12-16-11(15)21-22-12/h1-4,15H. The minimum absolute atomic E-state index is 0.129. The summed E-state index contributed by atoms with van der Waals surface area (Å²) in [5.41, 5.74) is 0.133. The molecule has 0 bridgehead atoms. The van der Waals surface area contributed by atoms with Crippen LogP contribution in [0.3, 0.4) is 0 Å². The summed E-state index contributed by atoms with van der Waals surface area (Å²) in [4.78, 5) is 15.1. The third kappa shape index (κ3) is 3.77. The average Bonchev–Trinajstić information content (AvgIpc) is 2.91. The Morgan fingerprint density at radius 3 is 2.68 bits per heavy atom. The molecule has 2 aromatic rings. The monoisotopic (exact) mass is 347 g/mol. The highest BCUT2D eigenvalue weighted by Crippen LogP contribution is 2.36. The molecule has 10 heteroatoms. The second kappa shape index (κ2) is 6.95. The predicted molar refractivity (Wildman–Crippen MR) is 82.3 cm³/mol. The zero-order valence-electron chi connectivity index (χ0n) is 10.6. The lowest BCUT2D eigenvalue weighted by Crippen LogP contribution is -1.94. The fourth-order valence-electron chi connectivity index (χ4n) is 1.44. The molecule has 0 aliphatic rings. The van der Waals surface area contributed by atoms with Crippen LogP contribution in [0, 0.1) is 38.2 Å². The Hall–Kier alpha value is -2.53. The summed E-state index contributed by atoms with van der Waals surface area (Å²) in [5, 5.41) is 36.0. The van der Waals surface area contributed by atoms with Crippen molar-refractivity contribution in [3.63, 3.8) is 0 Å². The van der Waals surface area contributed by atoms with Crippen LogP contribution in [-0.2, 0) is 0 Å². The molecule has 1 heterocycles. The average molecular weight is 347 g/mol. The first-order chi connectivity index (χ1) is 10.5. The molecule has 0 aliphatic carbocycles. The third-order valence-electron chi connectivity index (χ3n) is 2.31. The molecule has 7 nitrogen and oxygen atoms in total. The van der Waals surface area contributed by atoms with Gasteiger partial charge in [0.2, 0.25) is 4.80 Å². The number of nitrogens with zero attached hydrogens (tertiary/aromatic N) is 4. The molecule has 1 N–H and O–H groups in total. The van der Waals surface area contributed by atoms with E-state index in [0.717, 1.165) is 11.8 Å². The van der Waals surface area contributed by atoms with Gasteiger partial charge in [-0.15, -0.1) is 0 Å². The summed E-state index contributed by atoms with van der Waals surface area (Å²) in [7, 11) is 2.45. The van der Waals surface area contributed by atoms with Crippen molar-refractivity contribution in [2.45, 2.75) is 9.24 Å². The van der Waals surface area contributed by atoms with Gasteiger partial charge in [-0.05, 0) is 38.4 Å². The summed E-state index contributed by atoms with van der Waals surface area (Å²) in [6, 6.07) is 7.83. The van der Waals surface area contributed by atoms with Crippen molar-refractivity contribution in [2.24, 2.45) is 0 Å². The Kier molecular flexibility index (Phi) is 5.01. The van der Waals surface area contributed by atoms with E-state index in [1.165, 1.54) is 38.9 Å². The largest absolute Gasteiger partial charge is 0.283 e. The van der Waals surface area contributed by atoms with Crippen LogP contribution in [0.5, 0.6) is 0 Å². The van der Waals surface area contributed by atoms with Crippen molar-refractivity contribution in [3.8, 4) is 12.1 Å². The molecule has 0 fully saturated rings. The van der Waals surface area contributed by atoms with Gasteiger partial charge in [0.15, 0.2) is 4.34 Å². The van der Waals surface area contributed by atoms with Gasteiger partial charge in [-0.3, -0.25) is 15.5 Å². The highest BCUT2D eigenvalue weighted by molar-refractivity contribution is 8.02. The van der Waals surface area contributed by atoms with Crippen LogP contribution >= 0.6 is 32.4 Å². The number of nitro benzene ring substituents is 1. The predicted octanol–water partition coefficient (Wildman–Crippen LogP) is 3.17. The number of aromatic nitrogens is 1. The lowest BCUT2D eigenvalue weighted by atomic mass is 10.1. The third-order valence-corrected chi connectivity index (χ3v) is 5.72. The minimum atomic E-state index is -0.531. The maximum atomic E-state index is 11.2. The molecule has 0 amide bonds. The Labute approximate surface area is 135 Å². The molecule has 0 atom stereocenters. The molecule has 1 aromatic heterocycles. The van der Waals surface area contributed by atoms with Gasteiger partial charge in [0.05, 0.1) is 9.82 Å². The zero-order chi connectivity index (χ0) is 16.1. The fourth-order valence-corrected chi connectivity index (χ4v) is 4.35. The lowest BCUT2D eigenvalue weighted by molar-refractivity contribution is -0.387. The Balaban J connectivity index is 2.42. The molecule has 0 radical (unpaired) electrons. The van der Waals surface area contributed by atoms with E-state index in [1.807, 2.05) is 0 Å². The van der Waals surface area contributed by atoms with Crippen LogP contribution in [0.2, 0.25) is 0 Å². The van der Waals surface area contributed by atoms with E-state index in [9.17, 15) is 10.1 Å². The Morgan fingerprint density at radius 1 is 1.41 bits per heavy atom. The number of nitriles is 2. The molecule has 108 valence electrons. The first-order valence-electron chi connectivity index (χ1n) is 5.53. The van der Waals surface area contributed by atoms with E-state index in [-0.39, 0.29) is 16.1 Å². The quantitative estimate of drug-likeness (QED) is 0.391. The van der Waals surface area contributed by atoms with E-state index in [0.29, 0.717) is 14.8 Å². The van der Waals surface area contributed by atoms with Gasteiger partial charge in [-0.2, -0.15) is 10.5 Å². The molecule has 0 aliphatic heterocycles. The normalized spacial score (nSPS) is 9.55. The Bertz CT molecular complexity index is 884. The van der Waals surface area contributed by atoms with Crippen molar-refractivity contribution < 1.29 is 4.92 Å². The number of hydrogen-bond donors (Lipinski definition) is 1. The zero-order valence-corrected chi connectivity index (χ0v) is 13.1. The summed E-state index contributed by atoms with van der Waals surface area (Å²) in [6.07, 6.45) is 1.29. The van der Waals surface area contributed by atoms with E-state index in [4.69, 9.17) is 15.9 Å². The van der Waals surface area contributed by atoms with Crippen molar-refractivity contribution >= 4 is 44.2 Å². The SMILES string of the molecule is N#CC(C#N)=Cc1ccc(Sc2nc(=N)ss2)c([N+](=O)[O-])c1. The highest BCUT2D eigenvalue weighted by Gasteiger charge is 2.17. The molecular weight excluding hydrogens is 342 g/mol. The number of benzene rings is 1. The van der Waals surface area contributed by atoms with Gasteiger partial charge in [0, 0.05) is 6.07 Å². The van der Waals surface area contributed by atoms with Crippen molar-refractivity contribution in [3.05, 3.63) is 44.3 Å². The summed E-state index contributed by atoms with van der Waals surface area (Å²) in [5.74, 6) is 0. The Morgan fingerprint density at radius 2 is 2.14 bits per heavy atom. The molecule has 0 saturated carbocycles. The van der Waals surface area contributed by atoms with Crippen LogP contribution in [0.15, 0.2) is 33.0 Å². The topological polar surface area (TPSA) is 127 Å². The minimum Gasteiger partial charge on any atom is -0.273 e. The van der Waals surface area contributed by atoms with Gasteiger partial charge in [0.1, 0.15) is 17.7 Å². The van der Waals surface area contributed by atoms with E-state index >= 15 is 0 Å². The molecule has 0 spiro atoms. The van der Waals surface area contributed by atoms with E-state index in [2.05, 4.69) is 4.98 Å². The van der Waals surface area contributed by atoms with E-state index in [1.54, 1.807) is 18.2 Å². The van der Waals surface area contributed by atoms with Crippen LogP contribution in [-0.4, -0.2) is 9.91 Å².